The van der Waals surface area contributed by atoms with Gasteiger partial charge in [0.15, 0.2) is 5.76 Å². The van der Waals surface area contributed by atoms with Crippen LogP contribution in [0.5, 0.6) is 0 Å². The van der Waals surface area contributed by atoms with Crippen molar-refractivity contribution in [1.82, 2.24) is 9.78 Å². The highest BCUT2D eigenvalue weighted by molar-refractivity contribution is 6.30. The molecule has 1 aromatic carbocycles. The van der Waals surface area contributed by atoms with E-state index in [0.29, 0.717) is 16.5 Å². The van der Waals surface area contributed by atoms with Crippen LogP contribution in [0.25, 0.3) is 11.7 Å². The number of nitrogens with zero attached hydrogens (tertiary/aromatic N) is 2. The van der Waals surface area contributed by atoms with E-state index in [1.807, 2.05) is 0 Å². The van der Waals surface area contributed by atoms with Crippen LogP contribution in [0.4, 0.5) is 5.69 Å². The van der Waals surface area contributed by atoms with Crippen LogP contribution in [0.15, 0.2) is 56.3 Å². The molecule has 1 amide bonds. The third-order valence-electron chi connectivity index (χ3n) is 3.16. The lowest BCUT2D eigenvalue weighted by molar-refractivity contribution is -0.119. The Kier molecular flexibility index (Phi) is 4.03. The van der Waals surface area contributed by atoms with Gasteiger partial charge in [-0.3, -0.25) is 4.79 Å². The number of nitrogens with one attached hydrogen (secondary N) is 1. The molecule has 0 bridgehead atoms. The Bertz CT molecular complexity index is 865. The zero-order valence-electron chi connectivity index (χ0n) is 12.0. The van der Waals surface area contributed by atoms with Gasteiger partial charge in [0, 0.05) is 10.7 Å². The number of anilines is 1. The van der Waals surface area contributed by atoms with Gasteiger partial charge >= 0.3 is 5.76 Å². The second-order valence-corrected chi connectivity index (χ2v) is 5.20. The summed E-state index contributed by atoms with van der Waals surface area (Å²) in [6.07, 6.45) is 1.44. The number of amides is 1. The number of carbonyl (C=O) groups excluding carboxylic acids is 1. The normalized spacial score (nSPS) is 12.1. The average molecular weight is 334 g/mol. The van der Waals surface area contributed by atoms with E-state index in [-0.39, 0.29) is 5.89 Å². The van der Waals surface area contributed by atoms with Gasteiger partial charge in [-0.2, -0.15) is 4.68 Å². The molecule has 2 heterocycles. The molecule has 2 aromatic heterocycles. The molecule has 8 heteroatoms. The van der Waals surface area contributed by atoms with Crippen LogP contribution in [-0.4, -0.2) is 15.7 Å². The van der Waals surface area contributed by atoms with Crippen LogP contribution in [0.2, 0.25) is 5.02 Å². The molecule has 0 aliphatic heterocycles. The Morgan fingerprint density at radius 2 is 2.04 bits per heavy atom. The van der Waals surface area contributed by atoms with Crippen molar-refractivity contribution < 1.29 is 13.6 Å². The fourth-order valence-electron chi connectivity index (χ4n) is 1.92. The van der Waals surface area contributed by atoms with Crippen LogP contribution >= 0.6 is 11.6 Å². The van der Waals surface area contributed by atoms with Gasteiger partial charge in [0.05, 0.1) is 6.26 Å². The van der Waals surface area contributed by atoms with Crippen LogP contribution in [-0.2, 0) is 4.79 Å². The smallest absolute Gasteiger partial charge is 0.438 e. The summed E-state index contributed by atoms with van der Waals surface area (Å²) in [4.78, 5) is 24.1. The minimum atomic E-state index is -0.856. The van der Waals surface area contributed by atoms with Gasteiger partial charge in [-0.1, -0.05) is 11.6 Å². The molecule has 1 unspecified atom stereocenters. The van der Waals surface area contributed by atoms with E-state index in [0.717, 1.165) is 4.68 Å². The lowest BCUT2D eigenvalue weighted by Gasteiger charge is -2.10. The van der Waals surface area contributed by atoms with Crippen LogP contribution in [0.3, 0.4) is 0 Å². The van der Waals surface area contributed by atoms with Gasteiger partial charge in [-0.25, -0.2) is 4.79 Å². The largest absolute Gasteiger partial charge is 0.459 e. The van der Waals surface area contributed by atoms with Gasteiger partial charge in [0.25, 0.3) is 5.89 Å². The number of rotatable bonds is 4. The molecule has 0 aliphatic carbocycles. The molecule has 0 radical (unpaired) electrons. The quantitative estimate of drug-likeness (QED) is 0.792. The van der Waals surface area contributed by atoms with E-state index in [9.17, 15) is 9.59 Å². The topological polar surface area (TPSA) is 90.3 Å². The third-order valence-corrected chi connectivity index (χ3v) is 3.41. The Balaban J connectivity index is 1.79. The minimum absolute atomic E-state index is 0.0196. The van der Waals surface area contributed by atoms with Crippen molar-refractivity contribution in [1.29, 1.82) is 0 Å². The first-order chi connectivity index (χ1) is 11.0. The zero-order valence-corrected chi connectivity index (χ0v) is 12.8. The molecule has 3 aromatic rings. The Labute approximate surface area is 135 Å². The number of hydrogen-bond acceptors (Lipinski definition) is 5. The summed E-state index contributed by atoms with van der Waals surface area (Å²) >= 11 is 5.79. The van der Waals surface area contributed by atoms with Gasteiger partial charge < -0.3 is 14.2 Å². The van der Waals surface area contributed by atoms with Crippen molar-refractivity contribution in [2.75, 3.05) is 5.32 Å². The van der Waals surface area contributed by atoms with Gasteiger partial charge in [-0.15, -0.1) is 5.10 Å². The van der Waals surface area contributed by atoms with Crippen molar-refractivity contribution >= 4 is 23.2 Å². The standard InChI is InChI=1S/C15H12ClN3O4/c1-9(13(20)17-11-6-4-10(16)5-7-11)19-15(21)23-14(18-19)12-3-2-8-22-12/h2-9H,1H3,(H,17,20). The predicted molar refractivity (Wildman–Crippen MR) is 83.3 cm³/mol. The predicted octanol–water partition coefficient (Wildman–Crippen LogP) is 2.95. The number of aromatic nitrogens is 2. The first kappa shape index (κ1) is 15.1. The monoisotopic (exact) mass is 333 g/mol. The molecule has 0 saturated carbocycles. The molecule has 0 spiro atoms. The summed E-state index contributed by atoms with van der Waals surface area (Å²) in [5, 5.41) is 7.23. The first-order valence-electron chi connectivity index (χ1n) is 6.74. The summed E-state index contributed by atoms with van der Waals surface area (Å²) in [7, 11) is 0. The van der Waals surface area contributed by atoms with E-state index in [1.54, 1.807) is 43.3 Å². The lowest BCUT2D eigenvalue weighted by Crippen LogP contribution is -2.30. The number of carbonyl (C=O) groups is 1. The van der Waals surface area contributed by atoms with E-state index < -0.39 is 17.7 Å². The number of furan rings is 1. The van der Waals surface area contributed by atoms with Crippen molar-refractivity contribution in [2.24, 2.45) is 0 Å². The molecule has 118 valence electrons. The summed E-state index contributed by atoms with van der Waals surface area (Å²) < 4.78 is 11.1. The number of benzene rings is 1. The second-order valence-electron chi connectivity index (χ2n) is 4.77. The molecular weight excluding hydrogens is 322 g/mol. The van der Waals surface area contributed by atoms with Crippen LogP contribution < -0.4 is 11.1 Å². The first-order valence-corrected chi connectivity index (χ1v) is 7.12. The molecule has 23 heavy (non-hydrogen) atoms. The molecule has 0 saturated heterocycles. The SMILES string of the molecule is CC(C(=O)Nc1ccc(Cl)cc1)n1nc(-c2ccco2)oc1=O. The fraction of sp³-hybridized carbons (Fsp3) is 0.133. The Morgan fingerprint density at radius 1 is 1.30 bits per heavy atom. The van der Waals surface area contributed by atoms with Crippen molar-refractivity contribution in [3.05, 3.63) is 58.2 Å². The molecule has 1 atom stereocenters. The second kappa shape index (κ2) is 6.13. The van der Waals surface area contributed by atoms with E-state index in [2.05, 4.69) is 10.4 Å². The van der Waals surface area contributed by atoms with Crippen molar-refractivity contribution in [3.63, 3.8) is 0 Å². The maximum absolute atomic E-state index is 12.2. The van der Waals surface area contributed by atoms with Crippen molar-refractivity contribution in [3.8, 4) is 11.7 Å². The van der Waals surface area contributed by atoms with E-state index >= 15 is 0 Å². The maximum atomic E-state index is 12.2. The highest BCUT2D eigenvalue weighted by Gasteiger charge is 2.22. The Hall–Kier alpha value is -2.80. The minimum Gasteiger partial charge on any atom is -0.459 e. The highest BCUT2D eigenvalue weighted by atomic mass is 35.5. The maximum Gasteiger partial charge on any atom is 0.438 e. The molecular formula is C15H12ClN3O4. The number of hydrogen-bond donors (Lipinski definition) is 1. The van der Waals surface area contributed by atoms with E-state index in [4.69, 9.17) is 20.4 Å². The summed E-state index contributed by atoms with van der Waals surface area (Å²) in [6, 6.07) is 9.02. The van der Waals surface area contributed by atoms with Crippen LogP contribution in [0, 0.1) is 0 Å². The zero-order chi connectivity index (χ0) is 16.4. The van der Waals surface area contributed by atoms with Gasteiger partial charge in [0.1, 0.15) is 6.04 Å². The summed E-state index contributed by atoms with van der Waals surface area (Å²) in [5.74, 6) is -0.818. The highest BCUT2D eigenvalue weighted by Crippen LogP contribution is 2.18. The fourth-order valence-corrected chi connectivity index (χ4v) is 2.05. The Morgan fingerprint density at radius 3 is 2.70 bits per heavy atom. The molecule has 7 nitrogen and oxygen atoms in total. The third kappa shape index (κ3) is 3.19. The van der Waals surface area contributed by atoms with Crippen molar-refractivity contribution in [2.45, 2.75) is 13.0 Å². The molecule has 0 fully saturated rings. The molecule has 3 rings (SSSR count). The van der Waals surface area contributed by atoms with Gasteiger partial charge in [0.2, 0.25) is 5.91 Å². The summed E-state index contributed by atoms with van der Waals surface area (Å²) in [5.41, 5.74) is 0.564. The van der Waals surface area contributed by atoms with E-state index in [1.165, 1.54) is 6.26 Å². The molecule has 1 N–H and O–H groups in total. The van der Waals surface area contributed by atoms with Gasteiger partial charge in [-0.05, 0) is 43.3 Å². The van der Waals surface area contributed by atoms with Crippen LogP contribution in [0.1, 0.15) is 13.0 Å². The molecule has 0 aliphatic rings. The summed E-state index contributed by atoms with van der Waals surface area (Å²) in [6.45, 7) is 1.54. The average Bonchev–Trinajstić information content (AvgIpc) is 3.18. The number of halogens is 1. The lowest BCUT2D eigenvalue weighted by atomic mass is 10.3.